The summed E-state index contributed by atoms with van der Waals surface area (Å²) in [6.45, 7) is 5.96. The van der Waals surface area contributed by atoms with Gasteiger partial charge in [0.1, 0.15) is 10.8 Å². The molecule has 0 fully saturated rings. The van der Waals surface area contributed by atoms with Crippen molar-refractivity contribution in [2.24, 2.45) is 5.73 Å². The molecule has 0 spiro atoms. The summed E-state index contributed by atoms with van der Waals surface area (Å²) in [5, 5.41) is 0.638. The number of hydrogen-bond acceptors (Lipinski definition) is 5. The second-order valence-electron chi connectivity index (χ2n) is 4.37. The van der Waals surface area contributed by atoms with E-state index >= 15 is 0 Å². The molecule has 2 N–H and O–H groups in total. The van der Waals surface area contributed by atoms with Crippen molar-refractivity contribution < 1.29 is 8.42 Å². The van der Waals surface area contributed by atoms with Gasteiger partial charge in [0.15, 0.2) is 9.84 Å². The van der Waals surface area contributed by atoms with Crippen LogP contribution in [0.3, 0.4) is 0 Å². The van der Waals surface area contributed by atoms with Crippen molar-refractivity contribution in [2.45, 2.75) is 38.5 Å². The van der Waals surface area contributed by atoms with E-state index in [2.05, 4.69) is 4.98 Å². The van der Waals surface area contributed by atoms with Crippen molar-refractivity contribution in [3.8, 4) is 0 Å². The fourth-order valence-corrected chi connectivity index (χ4v) is 3.78. The number of aromatic nitrogens is 1. The number of nitrogens with two attached hydrogens (primary N) is 1. The molecule has 1 aromatic heterocycles. The number of rotatable bonds is 4. The molecule has 0 aliphatic rings. The van der Waals surface area contributed by atoms with E-state index in [1.165, 1.54) is 17.6 Å². The lowest BCUT2D eigenvalue weighted by atomic mass is 10.1. The van der Waals surface area contributed by atoms with Gasteiger partial charge in [0.2, 0.25) is 0 Å². The van der Waals surface area contributed by atoms with Crippen LogP contribution in [-0.4, -0.2) is 19.7 Å². The Morgan fingerprint density at radius 2 is 1.94 bits per heavy atom. The largest absolute Gasteiger partial charge is 0.323 e. The van der Waals surface area contributed by atoms with Crippen LogP contribution < -0.4 is 5.73 Å². The van der Waals surface area contributed by atoms with Gasteiger partial charge < -0.3 is 5.73 Å². The molecule has 0 bridgehead atoms. The summed E-state index contributed by atoms with van der Waals surface area (Å²) >= 11 is 1.41. The summed E-state index contributed by atoms with van der Waals surface area (Å²) < 4.78 is 22.4. The lowest BCUT2D eigenvalue weighted by Gasteiger charge is -2.07. The number of nitrogens with zero attached hydrogens (tertiary/aromatic N) is 1. The molecule has 0 amide bonds. The standard InChI is InChI=1S/C10H18N2O2S2/c1-6(2)9-10(7(3)11)15-8(12-9)5-16(4,13)14/h6-7H,5,11H2,1-4H3. The average molecular weight is 262 g/mol. The first-order chi connectivity index (χ1) is 7.20. The molecule has 1 rings (SSSR count). The van der Waals surface area contributed by atoms with Gasteiger partial charge in [0.25, 0.3) is 0 Å². The molecule has 0 saturated carbocycles. The maximum absolute atomic E-state index is 11.2. The Hall–Kier alpha value is -0.460. The van der Waals surface area contributed by atoms with Crippen molar-refractivity contribution in [1.82, 2.24) is 4.98 Å². The van der Waals surface area contributed by atoms with E-state index in [-0.39, 0.29) is 17.7 Å². The Balaban J connectivity index is 3.12. The van der Waals surface area contributed by atoms with Gasteiger partial charge in [-0.2, -0.15) is 0 Å². The quantitative estimate of drug-likeness (QED) is 0.898. The predicted octanol–water partition coefficient (Wildman–Crippen LogP) is 1.83. The Labute approximate surface area is 101 Å². The fraction of sp³-hybridized carbons (Fsp3) is 0.700. The van der Waals surface area contributed by atoms with Crippen LogP contribution in [0, 0.1) is 0 Å². The second-order valence-corrected chi connectivity index (χ2v) is 7.63. The molecule has 0 radical (unpaired) electrons. The summed E-state index contributed by atoms with van der Waals surface area (Å²) in [4.78, 5) is 5.37. The van der Waals surface area contributed by atoms with Gasteiger partial charge in [-0.15, -0.1) is 11.3 Å². The smallest absolute Gasteiger partial charge is 0.153 e. The Bertz CT molecular complexity index is 436. The first-order valence-corrected chi connectivity index (χ1v) is 8.01. The molecular formula is C10H18N2O2S2. The highest BCUT2D eigenvalue weighted by molar-refractivity contribution is 7.90. The van der Waals surface area contributed by atoms with Crippen molar-refractivity contribution >= 4 is 21.2 Å². The first kappa shape index (κ1) is 13.6. The number of thiazole rings is 1. The second kappa shape index (κ2) is 4.81. The molecular weight excluding hydrogens is 244 g/mol. The summed E-state index contributed by atoms with van der Waals surface area (Å²) in [6.07, 6.45) is 1.22. The third-order valence-corrected chi connectivity index (χ3v) is 4.32. The van der Waals surface area contributed by atoms with Crippen LogP contribution in [0.4, 0.5) is 0 Å². The summed E-state index contributed by atoms with van der Waals surface area (Å²) in [7, 11) is -3.02. The molecule has 0 aliphatic carbocycles. The monoisotopic (exact) mass is 262 g/mol. The third-order valence-electron chi connectivity index (χ3n) is 2.07. The molecule has 16 heavy (non-hydrogen) atoms. The Morgan fingerprint density at radius 1 is 1.38 bits per heavy atom. The van der Waals surface area contributed by atoms with Gasteiger partial charge >= 0.3 is 0 Å². The van der Waals surface area contributed by atoms with Crippen LogP contribution >= 0.6 is 11.3 Å². The zero-order chi connectivity index (χ0) is 12.5. The third kappa shape index (κ3) is 3.54. The van der Waals surface area contributed by atoms with Crippen molar-refractivity contribution in [2.75, 3.05) is 6.26 Å². The molecule has 1 aromatic rings. The van der Waals surface area contributed by atoms with E-state index in [0.717, 1.165) is 10.6 Å². The van der Waals surface area contributed by atoms with Gasteiger partial charge in [-0.1, -0.05) is 13.8 Å². The molecule has 0 aromatic carbocycles. The zero-order valence-electron chi connectivity index (χ0n) is 10.0. The van der Waals surface area contributed by atoms with Gasteiger partial charge in [-0.05, 0) is 12.8 Å². The summed E-state index contributed by atoms with van der Waals surface area (Å²) in [5.74, 6) is 0.273. The summed E-state index contributed by atoms with van der Waals surface area (Å²) in [5.41, 5.74) is 6.78. The Kier molecular flexibility index (Phi) is 4.09. The van der Waals surface area contributed by atoms with Crippen LogP contribution in [0.2, 0.25) is 0 Å². The Morgan fingerprint density at radius 3 is 2.25 bits per heavy atom. The van der Waals surface area contributed by atoms with Gasteiger partial charge in [-0.25, -0.2) is 13.4 Å². The fourth-order valence-electron chi connectivity index (χ4n) is 1.42. The van der Waals surface area contributed by atoms with Gasteiger partial charge in [0, 0.05) is 17.2 Å². The maximum Gasteiger partial charge on any atom is 0.153 e. The number of sulfone groups is 1. The van der Waals surface area contributed by atoms with E-state index in [1.54, 1.807) is 0 Å². The highest BCUT2D eigenvalue weighted by atomic mass is 32.2. The predicted molar refractivity (Wildman–Crippen MR) is 67.4 cm³/mol. The van der Waals surface area contributed by atoms with Crippen molar-refractivity contribution in [1.29, 1.82) is 0 Å². The zero-order valence-corrected chi connectivity index (χ0v) is 11.7. The molecule has 1 atom stereocenters. The minimum absolute atomic E-state index is 0.00407. The number of hydrogen-bond donors (Lipinski definition) is 1. The van der Waals surface area contributed by atoms with E-state index in [0.29, 0.717) is 5.01 Å². The van der Waals surface area contributed by atoms with Crippen LogP contribution in [0.25, 0.3) is 0 Å². The molecule has 4 nitrogen and oxygen atoms in total. The molecule has 92 valence electrons. The van der Waals surface area contributed by atoms with E-state index in [1.807, 2.05) is 20.8 Å². The summed E-state index contributed by atoms with van der Waals surface area (Å²) in [6, 6.07) is -0.0942. The van der Waals surface area contributed by atoms with Crippen LogP contribution in [0.1, 0.15) is 48.3 Å². The van der Waals surface area contributed by atoms with E-state index in [4.69, 9.17) is 5.73 Å². The van der Waals surface area contributed by atoms with Crippen molar-refractivity contribution in [3.63, 3.8) is 0 Å². The van der Waals surface area contributed by atoms with Crippen LogP contribution in [0.5, 0.6) is 0 Å². The highest BCUT2D eigenvalue weighted by Gasteiger charge is 2.18. The molecule has 1 unspecified atom stereocenters. The van der Waals surface area contributed by atoms with Crippen LogP contribution in [0.15, 0.2) is 0 Å². The maximum atomic E-state index is 11.2. The SMILES string of the molecule is CC(C)c1nc(CS(C)(=O)=O)sc1C(C)N. The molecule has 0 aliphatic heterocycles. The molecule has 6 heteroatoms. The van der Waals surface area contributed by atoms with Gasteiger partial charge in [-0.3, -0.25) is 0 Å². The van der Waals surface area contributed by atoms with Crippen molar-refractivity contribution in [3.05, 3.63) is 15.6 Å². The topological polar surface area (TPSA) is 73.0 Å². The van der Waals surface area contributed by atoms with Crippen LogP contribution in [-0.2, 0) is 15.6 Å². The van der Waals surface area contributed by atoms with E-state index < -0.39 is 9.84 Å². The lowest BCUT2D eigenvalue weighted by molar-refractivity contribution is 0.601. The lowest BCUT2D eigenvalue weighted by Crippen LogP contribution is -2.06. The average Bonchev–Trinajstić information content (AvgIpc) is 2.44. The molecule has 0 saturated heterocycles. The van der Waals surface area contributed by atoms with Gasteiger partial charge in [0.05, 0.1) is 5.69 Å². The van der Waals surface area contributed by atoms with E-state index in [9.17, 15) is 8.42 Å². The highest BCUT2D eigenvalue weighted by Crippen LogP contribution is 2.29. The molecule has 1 heterocycles. The normalized spacial score (nSPS) is 14.4. The minimum Gasteiger partial charge on any atom is -0.323 e. The minimum atomic E-state index is -3.02. The first-order valence-electron chi connectivity index (χ1n) is 5.13.